The van der Waals surface area contributed by atoms with E-state index in [2.05, 4.69) is 0 Å². The third-order valence-corrected chi connectivity index (χ3v) is 2.91. The number of carbonyl (C=O) groups is 2. The van der Waals surface area contributed by atoms with E-state index >= 15 is 0 Å². The molecular formula is C11H18O3. The summed E-state index contributed by atoms with van der Waals surface area (Å²) in [5.41, 5.74) is 0. The van der Waals surface area contributed by atoms with Crippen LogP contribution in [0.2, 0.25) is 0 Å². The highest BCUT2D eigenvalue weighted by molar-refractivity contribution is 6.39. The van der Waals surface area contributed by atoms with Crippen molar-refractivity contribution in [3.05, 3.63) is 0 Å². The summed E-state index contributed by atoms with van der Waals surface area (Å²) in [4.78, 5) is 23.0. The Bertz CT molecular complexity index is 217. The van der Waals surface area contributed by atoms with Crippen molar-refractivity contribution >= 4 is 11.6 Å². The summed E-state index contributed by atoms with van der Waals surface area (Å²) < 4.78 is 0. The zero-order valence-electron chi connectivity index (χ0n) is 8.66. The quantitative estimate of drug-likeness (QED) is 0.696. The summed E-state index contributed by atoms with van der Waals surface area (Å²) in [7, 11) is 0. The fourth-order valence-electron chi connectivity index (χ4n) is 1.92. The van der Waals surface area contributed by atoms with Gasteiger partial charge in [0.05, 0.1) is 0 Å². The lowest BCUT2D eigenvalue weighted by molar-refractivity contribution is -0.144. The molecule has 1 aliphatic rings. The van der Waals surface area contributed by atoms with Gasteiger partial charge in [-0.1, -0.05) is 26.2 Å². The highest BCUT2D eigenvalue weighted by Crippen LogP contribution is 2.24. The van der Waals surface area contributed by atoms with Gasteiger partial charge < -0.3 is 5.11 Å². The molecular weight excluding hydrogens is 180 g/mol. The Morgan fingerprint density at radius 1 is 1.29 bits per heavy atom. The minimum atomic E-state index is -1.08. The van der Waals surface area contributed by atoms with Gasteiger partial charge in [0, 0.05) is 5.92 Å². The Morgan fingerprint density at radius 2 is 1.86 bits per heavy atom. The number of hydrogen-bond acceptors (Lipinski definition) is 3. The Morgan fingerprint density at radius 3 is 2.36 bits per heavy atom. The molecule has 0 heterocycles. The van der Waals surface area contributed by atoms with Crippen LogP contribution in [0.5, 0.6) is 0 Å². The monoisotopic (exact) mass is 198 g/mol. The Labute approximate surface area is 84.5 Å². The van der Waals surface area contributed by atoms with E-state index < -0.39 is 11.9 Å². The van der Waals surface area contributed by atoms with Crippen molar-refractivity contribution in [1.29, 1.82) is 0 Å². The van der Waals surface area contributed by atoms with Crippen LogP contribution in [-0.2, 0) is 9.59 Å². The van der Waals surface area contributed by atoms with Crippen molar-refractivity contribution in [2.24, 2.45) is 5.92 Å². The van der Waals surface area contributed by atoms with Crippen molar-refractivity contribution < 1.29 is 14.7 Å². The molecule has 0 aromatic rings. The molecule has 0 radical (unpaired) electrons. The van der Waals surface area contributed by atoms with Crippen molar-refractivity contribution in [3.8, 4) is 0 Å². The van der Waals surface area contributed by atoms with Crippen LogP contribution in [0.25, 0.3) is 0 Å². The van der Waals surface area contributed by atoms with E-state index in [-0.39, 0.29) is 11.7 Å². The van der Waals surface area contributed by atoms with Gasteiger partial charge in [0.25, 0.3) is 0 Å². The second-order valence-electron chi connectivity index (χ2n) is 3.99. The van der Waals surface area contributed by atoms with Gasteiger partial charge >= 0.3 is 0 Å². The predicted molar refractivity (Wildman–Crippen MR) is 52.9 cm³/mol. The second-order valence-corrected chi connectivity index (χ2v) is 3.99. The van der Waals surface area contributed by atoms with Crippen molar-refractivity contribution in [3.63, 3.8) is 0 Å². The standard InChI is InChI=1S/C11H18O3/c1-2-9(12)11(14)10(13)8-6-4-3-5-7-8/h8-9,12H,2-7H2,1H3. The second kappa shape index (κ2) is 5.25. The van der Waals surface area contributed by atoms with E-state index in [1.807, 2.05) is 0 Å². The molecule has 3 heteroatoms. The van der Waals surface area contributed by atoms with E-state index in [1.165, 1.54) is 0 Å². The fraction of sp³-hybridized carbons (Fsp3) is 0.818. The molecule has 0 aromatic heterocycles. The molecule has 0 spiro atoms. The molecule has 1 aliphatic carbocycles. The van der Waals surface area contributed by atoms with E-state index in [1.54, 1.807) is 6.92 Å². The first kappa shape index (κ1) is 11.4. The first-order chi connectivity index (χ1) is 6.66. The van der Waals surface area contributed by atoms with Gasteiger partial charge in [-0.3, -0.25) is 9.59 Å². The molecule has 1 saturated carbocycles. The van der Waals surface area contributed by atoms with Crippen molar-refractivity contribution in [1.82, 2.24) is 0 Å². The Kier molecular flexibility index (Phi) is 4.26. The Hall–Kier alpha value is -0.700. The zero-order chi connectivity index (χ0) is 10.6. The van der Waals surface area contributed by atoms with Crippen LogP contribution in [0, 0.1) is 5.92 Å². The molecule has 80 valence electrons. The van der Waals surface area contributed by atoms with Gasteiger partial charge in [0.2, 0.25) is 11.6 Å². The largest absolute Gasteiger partial charge is 0.385 e. The first-order valence-electron chi connectivity index (χ1n) is 5.43. The van der Waals surface area contributed by atoms with Crippen LogP contribution in [0.15, 0.2) is 0 Å². The van der Waals surface area contributed by atoms with Crippen LogP contribution in [-0.4, -0.2) is 22.8 Å². The van der Waals surface area contributed by atoms with Crippen molar-refractivity contribution in [2.75, 3.05) is 0 Å². The summed E-state index contributed by atoms with van der Waals surface area (Å²) in [6, 6.07) is 0. The molecule has 3 nitrogen and oxygen atoms in total. The number of ketones is 2. The Balaban J connectivity index is 2.50. The van der Waals surface area contributed by atoms with Gasteiger partial charge in [-0.05, 0) is 19.3 Å². The average molecular weight is 198 g/mol. The molecule has 1 unspecified atom stereocenters. The van der Waals surface area contributed by atoms with Crippen LogP contribution >= 0.6 is 0 Å². The highest BCUT2D eigenvalue weighted by Gasteiger charge is 2.29. The number of Topliss-reactive ketones (excluding diaryl/α,β-unsaturated/α-hetero) is 2. The fourth-order valence-corrected chi connectivity index (χ4v) is 1.92. The van der Waals surface area contributed by atoms with E-state index in [4.69, 9.17) is 0 Å². The molecule has 0 aromatic carbocycles. The van der Waals surface area contributed by atoms with Gasteiger partial charge in [-0.25, -0.2) is 0 Å². The summed E-state index contributed by atoms with van der Waals surface area (Å²) in [5, 5.41) is 9.26. The van der Waals surface area contributed by atoms with E-state index in [0.29, 0.717) is 6.42 Å². The molecule has 1 rings (SSSR count). The number of rotatable bonds is 4. The maximum absolute atomic E-state index is 11.6. The maximum Gasteiger partial charge on any atom is 0.226 e. The SMILES string of the molecule is CCC(O)C(=O)C(=O)C1CCCCC1. The van der Waals surface area contributed by atoms with Gasteiger partial charge in [-0.2, -0.15) is 0 Å². The minimum absolute atomic E-state index is 0.113. The van der Waals surface area contributed by atoms with Crippen LogP contribution in [0.1, 0.15) is 45.4 Å². The molecule has 14 heavy (non-hydrogen) atoms. The molecule has 0 bridgehead atoms. The zero-order valence-corrected chi connectivity index (χ0v) is 8.66. The third-order valence-electron chi connectivity index (χ3n) is 2.91. The number of aliphatic hydroxyl groups excluding tert-OH is 1. The molecule has 1 N–H and O–H groups in total. The average Bonchev–Trinajstić information content (AvgIpc) is 2.27. The maximum atomic E-state index is 11.6. The molecule has 1 fully saturated rings. The van der Waals surface area contributed by atoms with Crippen LogP contribution < -0.4 is 0 Å². The summed E-state index contributed by atoms with van der Waals surface area (Å²) in [5.74, 6) is -1.05. The smallest absolute Gasteiger partial charge is 0.226 e. The topological polar surface area (TPSA) is 54.4 Å². The number of hydrogen-bond donors (Lipinski definition) is 1. The summed E-state index contributed by atoms with van der Waals surface area (Å²) in [6.45, 7) is 1.71. The highest BCUT2D eigenvalue weighted by atomic mass is 16.3. The molecule has 0 aliphatic heterocycles. The predicted octanol–water partition coefficient (Wildman–Crippen LogP) is 1.48. The van der Waals surface area contributed by atoms with E-state index in [0.717, 1.165) is 32.1 Å². The van der Waals surface area contributed by atoms with E-state index in [9.17, 15) is 14.7 Å². The third kappa shape index (κ3) is 2.64. The van der Waals surface area contributed by atoms with Crippen LogP contribution in [0.3, 0.4) is 0 Å². The van der Waals surface area contributed by atoms with Gasteiger partial charge in [0.1, 0.15) is 6.10 Å². The molecule has 0 amide bonds. The lowest BCUT2D eigenvalue weighted by Crippen LogP contribution is -2.33. The van der Waals surface area contributed by atoms with Crippen LogP contribution in [0.4, 0.5) is 0 Å². The molecule has 0 saturated heterocycles. The minimum Gasteiger partial charge on any atom is -0.385 e. The summed E-state index contributed by atoms with van der Waals surface area (Å²) >= 11 is 0. The lowest BCUT2D eigenvalue weighted by Gasteiger charge is -2.20. The number of aliphatic hydroxyl groups is 1. The summed E-state index contributed by atoms with van der Waals surface area (Å²) in [6.07, 6.45) is 4.12. The molecule has 1 atom stereocenters. The first-order valence-corrected chi connectivity index (χ1v) is 5.43. The normalized spacial score (nSPS) is 20.4. The lowest BCUT2D eigenvalue weighted by atomic mass is 9.84. The number of carbonyl (C=O) groups excluding carboxylic acids is 2. The van der Waals surface area contributed by atoms with Gasteiger partial charge in [0.15, 0.2) is 0 Å². The van der Waals surface area contributed by atoms with Crippen molar-refractivity contribution in [2.45, 2.75) is 51.6 Å². The van der Waals surface area contributed by atoms with Gasteiger partial charge in [-0.15, -0.1) is 0 Å².